The molecule has 0 fully saturated rings. The van der Waals surface area contributed by atoms with Gasteiger partial charge in [-0.05, 0) is 55.0 Å². The minimum absolute atomic E-state index is 0.00407. The van der Waals surface area contributed by atoms with E-state index in [1.807, 2.05) is 25.1 Å². The number of fused-ring (bicyclic) bond motifs is 1. The Morgan fingerprint density at radius 1 is 1.13 bits per heavy atom. The summed E-state index contributed by atoms with van der Waals surface area (Å²) in [5, 5.41) is 21.4. The van der Waals surface area contributed by atoms with Crippen LogP contribution in [0.4, 0.5) is 11.4 Å². The van der Waals surface area contributed by atoms with Crippen molar-refractivity contribution < 1.29 is 14.4 Å². The van der Waals surface area contributed by atoms with Gasteiger partial charge in [0.25, 0.3) is 5.69 Å². The van der Waals surface area contributed by atoms with Crippen LogP contribution in [0.15, 0.2) is 76.1 Å². The summed E-state index contributed by atoms with van der Waals surface area (Å²) in [6.45, 7) is 1.97. The van der Waals surface area contributed by atoms with Gasteiger partial charge < -0.3 is 9.52 Å². The molecular formula is C23H17N3O4. The fourth-order valence-corrected chi connectivity index (χ4v) is 3.00. The fourth-order valence-electron chi connectivity index (χ4n) is 3.00. The zero-order valence-corrected chi connectivity index (χ0v) is 16.0. The first-order chi connectivity index (χ1) is 14.5. The number of para-hydroxylation sites is 1. The minimum Gasteiger partial charge on any atom is -0.507 e. The second-order valence-electron chi connectivity index (χ2n) is 6.64. The number of rotatable bonds is 5. The predicted molar refractivity (Wildman–Crippen MR) is 116 cm³/mol. The molecule has 3 aromatic carbocycles. The molecule has 7 nitrogen and oxygen atoms in total. The fraction of sp³-hybridized carbons (Fsp3) is 0.0435. The number of nitro benzene ring substituents is 1. The van der Waals surface area contributed by atoms with Gasteiger partial charge in [0.15, 0.2) is 5.58 Å². The maximum absolute atomic E-state index is 11.0. The lowest BCUT2D eigenvalue weighted by Gasteiger charge is -2.01. The molecule has 1 aromatic heterocycles. The predicted octanol–water partition coefficient (Wildman–Crippen LogP) is 5.83. The quantitative estimate of drug-likeness (QED) is 0.258. The Morgan fingerprint density at radius 3 is 2.77 bits per heavy atom. The van der Waals surface area contributed by atoms with Crippen molar-refractivity contribution in [2.24, 2.45) is 4.99 Å². The van der Waals surface area contributed by atoms with Crippen LogP contribution in [0.25, 0.3) is 28.6 Å². The second kappa shape index (κ2) is 8.00. The molecule has 0 aliphatic rings. The van der Waals surface area contributed by atoms with Crippen LogP contribution in [-0.4, -0.2) is 21.2 Å². The Kier molecular flexibility index (Phi) is 5.09. The van der Waals surface area contributed by atoms with E-state index in [4.69, 9.17) is 4.42 Å². The third-order valence-electron chi connectivity index (χ3n) is 4.47. The van der Waals surface area contributed by atoms with Crippen molar-refractivity contribution >= 4 is 34.8 Å². The molecule has 0 saturated carbocycles. The number of hydrogen-bond acceptors (Lipinski definition) is 6. The maximum Gasteiger partial charge on any atom is 0.276 e. The number of aromatic nitrogens is 1. The van der Waals surface area contributed by atoms with Crippen LogP contribution in [0.2, 0.25) is 0 Å². The highest BCUT2D eigenvalue weighted by Crippen LogP contribution is 2.34. The Balaban J connectivity index is 1.54. The molecule has 0 unspecified atom stereocenters. The smallest absolute Gasteiger partial charge is 0.276 e. The van der Waals surface area contributed by atoms with Crippen molar-refractivity contribution in [3.8, 4) is 17.2 Å². The zero-order valence-electron chi connectivity index (χ0n) is 16.0. The summed E-state index contributed by atoms with van der Waals surface area (Å²) in [5.74, 6) is 0.329. The summed E-state index contributed by atoms with van der Waals surface area (Å²) in [6.07, 6.45) is 4.72. The van der Waals surface area contributed by atoms with Gasteiger partial charge >= 0.3 is 0 Å². The monoisotopic (exact) mass is 399 g/mol. The SMILES string of the molecule is Cc1ccc2nc(-c3ccc(N=C/C=C/c4ccccc4[N+](=O)[O-])cc3O)oc2c1. The summed E-state index contributed by atoms with van der Waals surface area (Å²) >= 11 is 0. The molecule has 30 heavy (non-hydrogen) atoms. The Hall–Kier alpha value is -4.26. The summed E-state index contributed by atoms with van der Waals surface area (Å²) in [6, 6.07) is 17.1. The Bertz CT molecular complexity index is 1310. The first-order valence-electron chi connectivity index (χ1n) is 9.16. The number of phenolic OH excluding ortho intramolecular Hbond substituents is 1. The van der Waals surface area contributed by atoms with E-state index in [1.165, 1.54) is 18.3 Å². The summed E-state index contributed by atoms with van der Waals surface area (Å²) < 4.78 is 5.76. The molecule has 0 spiro atoms. The van der Waals surface area contributed by atoms with E-state index in [0.29, 0.717) is 28.3 Å². The third-order valence-corrected chi connectivity index (χ3v) is 4.47. The highest BCUT2D eigenvalue weighted by atomic mass is 16.6. The van der Waals surface area contributed by atoms with Crippen LogP contribution in [-0.2, 0) is 0 Å². The molecule has 0 radical (unpaired) electrons. The van der Waals surface area contributed by atoms with Crippen LogP contribution >= 0.6 is 0 Å². The summed E-state index contributed by atoms with van der Waals surface area (Å²) in [5.41, 5.74) is 3.95. The van der Waals surface area contributed by atoms with Crippen molar-refractivity contribution in [3.05, 3.63) is 88.0 Å². The molecule has 0 aliphatic heterocycles. The van der Waals surface area contributed by atoms with Crippen LogP contribution < -0.4 is 0 Å². The van der Waals surface area contributed by atoms with E-state index in [-0.39, 0.29) is 11.4 Å². The number of allylic oxidation sites excluding steroid dienone is 1. The van der Waals surface area contributed by atoms with Gasteiger partial charge in [0.05, 0.1) is 21.7 Å². The van der Waals surface area contributed by atoms with Crippen LogP contribution in [0, 0.1) is 17.0 Å². The molecule has 4 rings (SSSR count). The Morgan fingerprint density at radius 2 is 1.97 bits per heavy atom. The van der Waals surface area contributed by atoms with E-state index in [1.54, 1.807) is 42.5 Å². The molecule has 0 atom stereocenters. The van der Waals surface area contributed by atoms with Crippen molar-refractivity contribution in [1.29, 1.82) is 0 Å². The first-order valence-corrected chi connectivity index (χ1v) is 9.16. The molecular weight excluding hydrogens is 382 g/mol. The van der Waals surface area contributed by atoms with Crippen LogP contribution in [0.1, 0.15) is 11.1 Å². The van der Waals surface area contributed by atoms with Crippen LogP contribution in [0.5, 0.6) is 5.75 Å². The highest BCUT2D eigenvalue weighted by molar-refractivity contribution is 5.83. The van der Waals surface area contributed by atoms with Gasteiger partial charge in [-0.25, -0.2) is 4.98 Å². The van der Waals surface area contributed by atoms with E-state index in [9.17, 15) is 15.2 Å². The lowest BCUT2D eigenvalue weighted by atomic mass is 10.1. The zero-order chi connectivity index (χ0) is 21.1. The number of nitrogens with zero attached hydrogens (tertiary/aromatic N) is 3. The van der Waals surface area contributed by atoms with Crippen LogP contribution in [0.3, 0.4) is 0 Å². The van der Waals surface area contributed by atoms with Gasteiger partial charge in [-0.1, -0.05) is 18.2 Å². The molecule has 0 bridgehead atoms. The number of aliphatic imine (C=N–C) groups is 1. The van der Waals surface area contributed by atoms with Gasteiger partial charge in [-0.3, -0.25) is 15.1 Å². The Labute approximate surface area is 171 Å². The normalized spacial score (nSPS) is 11.6. The lowest BCUT2D eigenvalue weighted by Crippen LogP contribution is -1.90. The van der Waals surface area contributed by atoms with E-state index in [0.717, 1.165) is 11.1 Å². The van der Waals surface area contributed by atoms with E-state index >= 15 is 0 Å². The van der Waals surface area contributed by atoms with Gasteiger partial charge in [-0.2, -0.15) is 0 Å². The second-order valence-corrected chi connectivity index (χ2v) is 6.64. The summed E-state index contributed by atoms with van der Waals surface area (Å²) in [7, 11) is 0. The number of nitro groups is 1. The molecule has 0 amide bonds. The van der Waals surface area contributed by atoms with Crippen molar-refractivity contribution in [3.63, 3.8) is 0 Å². The molecule has 0 saturated heterocycles. The topological polar surface area (TPSA) is 102 Å². The minimum atomic E-state index is -0.430. The van der Waals surface area contributed by atoms with Crippen molar-refractivity contribution in [1.82, 2.24) is 4.98 Å². The average molecular weight is 399 g/mol. The molecule has 148 valence electrons. The largest absolute Gasteiger partial charge is 0.507 e. The number of phenols is 1. The number of oxazole rings is 1. The summed E-state index contributed by atoms with van der Waals surface area (Å²) in [4.78, 5) is 19.3. The molecule has 1 heterocycles. The number of benzene rings is 3. The number of aromatic hydroxyl groups is 1. The number of hydrogen-bond donors (Lipinski definition) is 1. The molecule has 4 aromatic rings. The van der Waals surface area contributed by atoms with Gasteiger partial charge in [-0.15, -0.1) is 0 Å². The average Bonchev–Trinajstić information content (AvgIpc) is 3.14. The number of aryl methyl sites for hydroxylation is 1. The third kappa shape index (κ3) is 3.95. The maximum atomic E-state index is 11.0. The molecule has 1 N–H and O–H groups in total. The van der Waals surface area contributed by atoms with Crippen molar-refractivity contribution in [2.45, 2.75) is 6.92 Å². The highest BCUT2D eigenvalue weighted by Gasteiger charge is 2.13. The van der Waals surface area contributed by atoms with Gasteiger partial charge in [0.1, 0.15) is 11.3 Å². The van der Waals surface area contributed by atoms with Crippen molar-refractivity contribution in [2.75, 3.05) is 0 Å². The van der Waals surface area contributed by atoms with E-state index in [2.05, 4.69) is 9.98 Å². The lowest BCUT2D eigenvalue weighted by molar-refractivity contribution is -0.385. The van der Waals surface area contributed by atoms with Gasteiger partial charge in [0.2, 0.25) is 5.89 Å². The van der Waals surface area contributed by atoms with Gasteiger partial charge in [0, 0.05) is 18.3 Å². The first kappa shape index (κ1) is 19.1. The van der Waals surface area contributed by atoms with E-state index < -0.39 is 4.92 Å². The molecule has 7 heteroatoms. The molecule has 0 aliphatic carbocycles. The standard InChI is InChI=1S/C23H17N3O4/c1-15-8-11-19-22(13-15)30-23(25-19)18-10-9-17(14-21(18)27)24-12-4-6-16-5-2-3-7-20(16)26(28)29/h2-14,27H,1H3/b6-4+,24-12?.